The van der Waals surface area contributed by atoms with Gasteiger partial charge in [-0.25, -0.2) is 9.97 Å². The first kappa shape index (κ1) is 25.1. The molecule has 2 atom stereocenters. The van der Waals surface area contributed by atoms with E-state index in [2.05, 4.69) is 23.8 Å². The van der Waals surface area contributed by atoms with Crippen molar-refractivity contribution in [1.82, 2.24) is 19.9 Å². The number of para-hydroxylation sites is 1. The maximum absolute atomic E-state index is 12.8. The van der Waals surface area contributed by atoms with Crippen LogP contribution in [0.3, 0.4) is 0 Å². The third kappa shape index (κ3) is 5.03. The van der Waals surface area contributed by atoms with E-state index in [0.29, 0.717) is 39.1 Å². The van der Waals surface area contributed by atoms with Crippen molar-refractivity contribution in [2.75, 3.05) is 26.3 Å². The van der Waals surface area contributed by atoms with Crippen molar-refractivity contribution in [3.05, 3.63) is 70.0 Å². The maximum atomic E-state index is 12.8. The Morgan fingerprint density at radius 3 is 2.86 bits per heavy atom. The Hall–Kier alpha value is -3.52. The Balaban J connectivity index is 1.08. The summed E-state index contributed by atoms with van der Waals surface area (Å²) in [7, 11) is 0. The molecule has 1 fully saturated rings. The zero-order chi connectivity index (χ0) is 26.0. The Bertz CT molecular complexity index is 1480. The second-order valence-corrected chi connectivity index (χ2v) is 10.3. The van der Waals surface area contributed by atoms with Gasteiger partial charge in [0, 0.05) is 48.7 Å². The summed E-state index contributed by atoms with van der Waals surface area (Å²) in [5, 5.41) is 1.00. The van der Waals surface area contributed by atoms with Gasteiger partial charge in [-0.15, -0.1) is 0 Å². The normalized spacial score (nSPS) is 20.1. The number of pyridine rings is 1. The number of ether oxygens (including phenoxy) is 1. The van der Waals surface area contributed by atoms with Crippen molar-refractivity contribution >= 4 is 28.0 Å². The van der Waals surface area contributed by atoms with Gasteiger partial charge >= 0.3 is 0 Å². The third-order valence-corrected chi connectivity index (χ3v) is 7.85. The zero-order valence-corrected chi connectivity index (χ0v) is 21.8. The molecule has 4 heterocycles. The van der Waals surface area contributed by atoms with Crippen LogP contribution in [0.4, 0.5) is 0 Å². The molecule has 37 heavy (non-hydrogen) atoms. The van der Waals surface area contributed by atoms with Crippen LogP contribution < -0.4 is 5.56 Å². The number of furan rings is 1. The minimum Gasteiger partial charge on any atom is -0.452 e. The van der Waals surface area contributed by atoms with Crippen molar-refractivity contribution in [3.63, 3.8) is 0 Å². The number of hydrogen-bond acceptors (Lipinski definition) is 6. The fraction of sp³-hybridized carbons (Fsp3) is 0.448. The first-order valence-electron chi connectivity index (χ1n) is 13.1. The molecule has 1 aromatic carbocycles. The molecular formula is C29H34N4O4. The SMILES string of the molecule is Cc1nc(CCCOCCC(=O)N2CCC(C)(c3ccc[nH]c3=O)C(C)C2)nc2c1oc1ccccc12. The molecule has 1 aliphatic rings. The molecule has 0 aliphatic carbocycles. The summed E-state index contributed by atoms with van der Waals surface area (Å²) in [6.07, 6.45) is 4.26. The molecule has 0 radical (unpaired) electrons. The lowest BCUT2D eigenvalue weighted by atomic mass is 9.68. The summed E-state index contributed by atoms with van der Waals surface area (Å²) in [6, 6.07) is 11.7. The molecule has 1 amide bonds. The smallest absolute Gasteiger partial charge is 0.251 e. The molecule has 0 spiro atoms. The molecule has 1 N–H and O–H groups in total. The highest BCUT2D eigenvalue weighted by Gasteiger charge is 2.40. The van der Waals surface area contributed by atoms with Gasteiger partial charge < -0.3 is 19.0 Å². The van der Waals surface area contributed by atoms with Crippen molar-refractivity contribution < 1.29 is 13.9 Å². The second kappa shape index (κ2) is 10.5. The third-order valence-electron chi connectivity index (χ3n) is 7.85. The summed E-state index contributed by atoms with van der Waals surface area (Å²) in [5.41, 5.74) is 3.78. The van der Waals surface area contributed by atoms with Crippen LogP contribution in [0.25, 0.3) is 22.1 Å². The molecule has 1 saturated heterocycles. The average molecular weight is 503 g/mol. The minimum absolute atomic E-state index is 0.0383. The lowest BCUT2D eigenvalue weighted by Gasteiger charge is -2.44. The summed E-state index contributed by atoms with van der Waals surface area (Å²) in [6.45, 7) is 8.43. The molecule has 8 heteroatoms. The number of nitrogens with zero attached hydrogens (tertiary/aromatic N) is 3. The Labute approximate surface area is 216 Å². The monoisotopic (exact) mass is 502 g/mol. The Morgan fingerprint density at radius 1 is 1.22 bits per heavy atom. The van der Waals surface area contributed by atoms with Crippen LogP contribution in [0.15, 0.2) is 51.8 Å². The number of carbonyl (C=O) groups is 1. The fourth-order valence-corrected chi connectivity index (χ4v) is 5.39. The summed E-state index contributed by atoms with van der Waals surface area (Å²) in [5.74, 6) is 1.06. The van der Waals surface area contributed by atoms with Crippen molar-refractivity contribution in [2.24, 2.45) is 5.92 Å². The van der Waals surface area contributed by atoms with E-state index < -0.39 is 0 Å². The number of amides is 1. The second-order valence-electron chi connectivity index (χ2n) is 10.3. The number of H-pyrrole nitrogens is 1. The number of carbonyl (C=O) groups excluding carboxylic acids is 1. The minimum atomic E-state index is -0.242. The number of fused-ring (bicyclic) bond motifs is 3. The molecule has 4 aromatic rings. The number of aryl methyl sites for hydroxylation is 2. The van der Waals surface area contributed by atoms with E-state index in [1.54, 1.807) is 6.20 Å². The van der Waals surface area contributed by atoms with E-state index in [0.717, 1.165) is 52.0 Å². The Morgan fingerprint density at radius 2 is 2.05 bits per heavy atom. The summed E-state index contributed by atoms with van der Waals surface area (Å²) in [4.78, 5) is 39.2. The number of piperidine rings is 1. The van der Waals surface area contributed by atoms with Crippen LogP contribution >= 0.6 is 0 Å². The van der Waals surface area contributed by atoms with Crippen molar-refractivity contribution in [1.29, 1.82) is 0 Å². The molecule has 2 unspecified atom stereocenters. The van der Waals surface area contributed by atoms with Crippen LogP contribution in [-0.2, 0) is 21.4 Å². The topological polar surface area (TPSA) is 101 Å². The van der Waals surface area contributed by atoms with Crippen LogP contribution in [-0.4, -0.2) is 52.1 Å². The zero-order valence-electron chi connectivity index (χ0n) is 21.8. The standard InChI is InChI=1S/C29H34N4O4/c1-19-18-33(15-13-29(19,3)22-9-6-14-30-28(22)35)25(34)12-17-36-16-7-11-24-31-20(2)27-26(32-24)21-8-4-5-10-23(21)37-27/h4-6,8-10,14,19H,7,11-13,15-18H2,1-3H3,(H,30,35). The number of aromatic amines is 1. The fourth-order valence-electron chi connectivity index (χ4n) is 5.39. The molecule has 194 valence electrons. The van der Waals surface area contributed by atoms with Crippen LogP contribution in [0.1, 0.15) is 50.2 Å². The highest BCUT2D eigenvalue weighted by Crippen LogP contribution is 2.37. The maximum Gasteiger partial charge on any atom is 0.251 e. The number of likely N-dealkylation sites (tertiary alicyclic amines) is 1. The number of nitrogens with one attached hydrogen (secondary N) is 1. The van der Waals surface area contributed by atoms with Gasteiger partial charge in [0.1, 0.15) is 16.9 Å². The highest BCUT2D eigenvalue weighted by atomic mass is 16.5. The van der Waals surface area contributed by atoms with Gasteiger partial charge in [0.25, 0.3) is 5.56 Å². The van der Waals surface area contributed by atoms with Crippen LogP contribution in [0.2, 0.25) is 0 Å². The summed E-state index contributed by atoms with van der Waals surface area (Å²) < 4.78 is 11.7. The number of rotatable bonds is 8. The van der Waals surface area contributed by atoms with Crippen molar-refractivity contribution in [2.45, 2.75) is 51.9 Å². The molecule has 1 aliphatic heterocycles. The molecule has 8 nitrogen and oxygen atoms in total. The van der Waals surface area contributed by atoms with Crippen LogP contribution in [0.5, 0.6) is 0 Å². The lowest BCUT2D eigenvalue weighted by molar-refractivity contribution is -0.135. The molecule has 5 rings (SSSR count). The molecule has 0 saturated carbocycles. The largest absolute Gasteiger partial charge is 0.452 e. The van der Waals surface area contributed by atoms with E-state index in [-0.39, 0.29) is 22.8 Å². The molecule has 3 aromatic heterocycles. The molecular weight excluding hydrogens is 468 g/mol. The van der Waals surface area contributed by atoms with Gasteiger partial charge in [0.2, 0.25) is 5.91 Å². The summed E-state index contributed by atoms with van der Waals surface area (Å²) >= 11 is 0. The van der Waals surface area contributed by atoms with E-state index in [1.165, 1.54) is 0 Å². The predicted octanol–water partition coefficient (Wildman–Crippen LogP) is 4.54. The highest BCUT2D eigenvalue weighted by molar-refractivity contribution is 6.02. The van der Waals surface area contributed by atoms with Crippen molar-refractivity contribution in [3.8, 4) is 0 Å². The number of hydrogen-bond donors (Lipinski definition) is 1. The Kier molecular flexibility index (Phi) is 7.11. The van der Waals surface area contributed by atoms with E-state index >= 15 is 0 Å². The van der Waals surface area contributed by atoms with E-state index in [1.807, 2.05) is 48.2 Å². The van der Waals surface area contributed by atoms with Gasteiger partial charge in [0.05, 0.1) is 18.7 Å². The predicted molar refractivity (Wildman–Crippen MR) is 143 cm³/mol. The van der Waals surface area contributed by atoms with E-state index in [4.69, 9.17) is 14.1 Å². The average Bonchev–Trinajstić information content (AvgIpc) is 3.27. The quantitative estimate of drug-likeness (QED) is 0.355. The van der Waals surface area contributed by atoms with E-state index in [9.17, 15) is 9.59 Å². The number of aromatic nitrogens is 3. The lowest BCUT2D eigenvalue weighted by Crippen LogP contribution is -2.51. The molecule has 0 bridgehead atoms. The van der Waals surface area contributed by atoms with Gasteiger partial charge in [-0.05, 0) is 43.9 Å². The van der Waals surface area contributed by atoms with Gasteiger partial charge in [0.15, 0.2) is 5.58 Å². The number of benzene rings is 1. The van der Waals surface area contributed by atoms with Gasteiger partial charge in [-0.1, -0.05) is 32.0 Å². The first-order valence-corrected chi connectivity index (χ1v) is 13.1. The first-order chi connectivity index (χ1) is 17.9. The van der Waals surface area contributed by atoms with Crippen LogP contribution in [0, 0.1) is 12.8 Å². The van der Waals surface area contributed by atoms with Gasteiger partial charge in [-0.3, -0.25) is 9.59 Å². The van der Waals surface area contributed by atoms with Gasteiger partial charge in [-0.2, -0.15) is 0 Å².